The number of hydrogen-bond acceptors (Lipinski definition) is 3. The van der Waals surface area contributed by atoms with Crippen molar-refractivity contribution in [2.45, 2.75) is 0 Å². The average Bonchev–Trinajstić information content (AvgIpc) is 2.14. The van der Waals surface area contributed by atoms with Gasteiger partial charge in [-0.25, -0.2) is 13.1 Å². The Morgan fingerprint density at radius 1 is 1.27 bits per heavy atom. The normalized spacial score (nSPS) is 11.5. The van der Waals surface area contributed by atoms with Gasteiger partial charge >= 0.3 is 0 Å². The van der Waals surface area contributed by atoms with Crippen molar-refractivity contribution in [1.82, 2.24) is 4.72 Å². The van der Waals surface area contributed by atoms with E-state index >= 15 is 0 Å². The zero-order valence-electron chi connectivity index (χ0n) is 8.17. The Morgan fingerprint density at radius 2 is 1.87 bits per heavy atom. The number of rotatable bonds is 3. The zero-order chi connectivity index (χ0) is 11.3. The van der Waals surface area contributed by atoms with E-state index in [0.29, 0.717) is 0 Å². The van der Waals surface area contributed by atoms with Gasteiger partial charge in [-0.15, -0.1) is 0 Å². The lowest BCUT2D eigenvalue weighted by Crippen LogP contribution is -2.27. The SMILES string of the molecule is CS(=O)(=O)NC(=O)/C=C/c1ccccc1. The van der Waals surface area contributed by atoms with Crippen molar-refractivity contribution in [3.8, 4) is 0 Å². The molecule has 1 amide bonds. The quantitative estimate of drug-likeness (QED) is 0.773. The average molecular weight is 225 g/mol. The molecule has 0 fully saturated rings. The predicted molar refractivity (Wildman–Crippen MR) is 58.5 cm³/mol. The molecule has 0 bridgehead atoms. The van der Waals surface area contributed by atoms with Crippen molar-refractivity contribution in [2.24, 2.45) is 0 Å². The molecule has 1 rings (SSSR count). The molecule has 15 heavy (non-hydrogen) atoms. The van der Waals surface area contributed by atoms with Crippen LogP contribution in [0.1, 0.15) is 5.56 Å². The summed E-state index contributed by atoms with van der Waals surface area (Å²) < 4.78 is 23.2. The molecule has 0 aromatic heterocycles. The van der Waals surface area contributed by atoms with Crippen LogP contribution in [0, 0.1) is 0 Å². The van der Waals surface area contributed by atoms with E-state index in [1.54, 1.807) is 6.08 Å². The summed E-state index contributed by atoms with van der Waals surface area (Å²) in [5.74, 6) is -0.652. The Morgan fingerprint density at radius 3 is 2.40 bits per heavy atom. The van der Waals surface area contributed by atoms with Gasteiger partial charge < -0.3 is 0 Å². The number of sulfonamides is 1. The first-order valence-corrected chi connectivity index (χ1v) is 6.11. The fourth-order valence-corrected chi connectivity index (χ4v) is 1.39. The van der Waals surface area contributed by atoms with Crippen LogP contribution in [0.2, 0.25) is 0 Å². The van der Waals surface area contributed by atoms with E-state index in [9.17, 15) is 13.2 Å². The minimum Gasteiger partial charge on any atom is -0.269 e. The number of benzene rings is 1. The zero-order valence-corrected chi connectivity index (χ0v) is 8.99. The van der Waals surface area contributed by atoms with Gasteiger partial charge in [-0.2, -0.15) is 0 Å². The van der Waals surface area contributed by atoms with Crippen molar-refractivity contribution in [1.29, 1.82) is 0 Å². The van der Waals surface area contributed by atoms with E-state index in [2.05, 4.69) is 0 Å². The van der Waals surface area contributed by atoms with Crippen molar-refractivity contribution >= 4 is 22.0 Å². The second kappa shape index (κ2) is 4.75. The first kappa shape index (κ1) is 11.5. The van der Waals surface area contributed by atoms with Crippen molar-refractivity contribution < 1.29 is 13.2 Å². The lowest BCUT2D eigenvalue weighted by atomic mass is 10.2. The largest absolute Gasteiger partial charge is 0.269 e. The molecular weight excluding hydrogens is 214 g/mol. The molecule has 0 aliphatic carbocycles. The number of amides is 1. The monoisotopic (exact) mass is 225 g/mol. The van der Waals surface area contributed by atoms with Gasteiger partial charge in [0.1, 0.15) is 0 Å². The van der Waals surface area contributed by atoms with Crippen LogP contribution < -0.4 is 4.72 Å². The molecule has 0 unspecified atom stereocenters. The predicted octanol–water partition coefficient (Wildman–Crippen LogP) is 0.776. The number of carbonyl (C=O) groups is 1. The van der Waals surface area contributed by atoms with Gasteiger partial charge in [0.2, 0.25) is 10.0 Å². The summed E-state index contributed by atoms with van der Waals surface area (Å²) in [7, 11) is -3.48. The van der Waals surface area contributed by atoms with Crippen LogP contribution in [-0.2, 0) is 14.8 Å². The van der Waals surface area contributed by atoms with Crippen molar-refractivity contribution in [3.63, 3.8) is 0 Å². The summed E-state index contributed by atoms with van der Waals surface area (Å²) in [5.41, 5.74) is 0.834. The molecule has 0 atom stereocenters. The highest BCUT2D eigenvalue weighted by atomic mass is 32.2. The smallest absolute Gasteiger partial charge is 0.257 e. The van der Waals surface area contributed by atoms with Crippen LogP contribution in [0.4, 0.5) is 0 Å². The highest BCUT2D eigenvalue weighted by molar-refractivity contribution is 7.89. The van der Waals surface area contributed by atoms with Crippen LogP contribution in [-0.4, -0.2) is 20.6 Å². The van der Waals surface area contributed by atoms with Crippen molar-refractivity contribution in [2.75, 3.05) is 6.26 Å². The molecule has 0 saturated heterocycles. The summed E-state index contributed by atoms with van der Waals surface area (Å²) in [6, 6.07) is 9.13. The van der Waals surface area contributed by atoms with Crippen LogP contribution in [0.25, 0.3) is 6.08 Å². The summed E-state index contributed by atoms with van der Waals surface area (Å²) in [6.45, 7) is 0. The first-order chi connectivity index (χ1) is 6.97. The molecule has 0 aliphatic heterocycles. The Kier molecular flexibility index (Phi) is 3.62. The summed E-state index contributed by atoms with van der Waals surface area (Å²) >= 11 is 0. The molecule has 1 aromatic carbocycles. The Balaban J connectivity index is 2.64. The van der Waals surface area contributed by atoms with E-state index in [1.165, 1.54) is 6.08 Å². The van der Waals surface area contributed by atoms with Crippen LogP contribution in [0.15, 0.2) is 36.4 Å². The van der Waals surface area contributed by atoms with E-state index in [-0.39, 0.29) is 0 Å². The lowest BCUT2D eigenvalue weighted by Gasteiger charge is -1.96. The molecule has 5 heteroatoms. The highest BCUT2D eigenvalue weighted by Gasteiger charge is 2.03. The maximum atomic E-state index is 11.1. The molecular formula is C10H11NO3S. The molecule has 0 aliphatic rings. The van der Waals surface area contributed by atoms with Gasteiger partial charge in [-0.1, -0.05) is 30.3 Å². The van der Waals surface area contributed by atoms with Gasteiger partial charge in [0.15, 0.2) is 0 Å². The number of hydrogen-bond donors (Lipinski definition) is 1. The maximum Gasteiger partial charge on any atom is 0.257 e. The van der Waals surface area contributed by atoms with E-state index in [4.69, 9.17) is 0 Å². The van der Waals surface area contributed by atoms with Crippen LogP contribution in [0.3, 0.4) is 0 Å². The van der Waals surface area contributed by atoms with Gasteiger partial charge in [-0.3, -0.25) is 4.79 Å². The minimum absolute atomic E-state index is 0.652. The van der Waals surface area contributed by atoms with E-state index < -0.39 is 15.9 Å². The molecule has 1 aromatic rings. The maximum absolute atomic E-state index is 11.1. The second-order valence-electron chi connectivity index (χ2n) is 2.98. The Hall–Kier alpha value is -1.62. The van der Waals surface area contributed by atoms with Gasteiger partial charge in [0.05, 0.1) is 6.26 Å². The third kappa shape index (κ3) is 4.97. The molecule has 80 valence electrons. The third-order valence-electron chi connectivity index (χ3n) is 1.51. The van der Waals surface area contributed by atoms with Gasteiger partial charge in [0.25, 0.3) is 5.91 Å². The Labute approximate surface area is 88.7 Å². The summed E-state index contributed by atoms with van der Waals surface area (Å²) in [6.07, 6.45) is 3.65. The molecule has 0 spiro atoms. The fourth-order valence-electron chi connectivity index (χ4n) is 0.953. The van der Waals surface area contributed by atoms with Crippen LogP contribution >= 0.6 is 0 Å². The second-order valence-corrected chi connectivity index (χ2v) is 4.73. The summed E-state index contributed by atoms with van der Waals surface area (Å²) in [5, 5.41) is 0. The van der Waals surface area contributed by atoms with Crippen LogP contribution in [0.5, 0.6) is 0 Å². The first-order valence-electron chi connectivity index (χ1n) is 4.22. The topological polar surface area (TPSA) is 63.2 Å². The standard InChI is InChI=1S/C10H11NO3S/c1-15(13,14)11-10(12)8-7-9-5-3-2-4-6-9/h2-8H,1H3,(H,11,12)/b8-7+. The van der Waals surface area contributed by atoms with Crippen molar-refractivity contribution in [3.05, 3.63) is 42.0 Å². The highest BCUT2D eigenvalue weighted by Crippen LogP contribution is 2.00. The molecule has 4 nitrogen and oxygen atoms in total. The lowest BCUT2D eigenvalue weighted by molar-refractivity contribution is -0.114. The van der Waals surface area contributed by atoms with Gasteiger partial charge in [0, 0.05) is 6.08 Å². The molecule has 0 radical (unpaired) electrons. The molecule has 0 heterocycles. The van der Waals surface area contributed by atoms with E-state index in [1.807, 2.05) is 35.1 Å². The third-order valence-corrected chi connectivity index (χ3v) is 2.08. The molecule has 1 N–H and O–H groups in total. The van der Waals surface area contributed by atoms with Gasteiger partial charge in [-0.05, 0) is 11.6 Å². The number of nitrogens with one attached hydrogen (secondary N) is 1. The minimum atomic E-state index is -3.48. The number of carbonyl (C=O) groups excluding carboxylic acids is 1. The Bertz CT molecular complexity index is 463. The molecule has 0 saturated carbocycles. The summed E-state index contributed by atoms with van der Waals surface area (Å²) in [4.78, 5) is 11.1. The fraction of sp³-hybridized carbons (Fsp3) is 0.100. The van der Waals surface area contributed by atoms with E-state index in [0.717, 1.165) is 11.8 Å².